The molecule has 2 aromatic heterocycles. The number of aromatic nitrogens is 4. The number of halogens is 2. The van der Waals surface area contributed by atoms with E-state index < -0.39 is 30.9 Å². The number of hydrogen-bond acceptors (Lipinski definition) is 15. The number of nitriles is 1. The van der Waals surface area contributed by atoms with E-state index in [1.807, 2.05) is 6.92 Å². The highest BCUT2D eigenvalue weighted by Gasteiger charge is 2.34. The van der Waals surface area contributed by atoms with Gasteiger partial charge in [-0.1, -0.05) is 6.07 Å². The summed E-state index contributed by atoms with van der Waals surface area (Å²) in [5.74, 6) is -2.26. The lowest BCUT2D eigenvalue weighted by Crippen LogP contribution is -2.32. The van der Waals surface area contributed by atoms with Crippen LogP contribution in [-0.2, 0) is 18.9 Å². The molecule has 4 heterocycles. The molecule has 2 fully saturated rings. The monoisotopic (exact) mass is 968 g/mol. The topological polar surface area (TPSA) is 300 Å². The third-order valence-electron chi connectivity index (χ3n) is 9.55. The Bertz CT molecular complexity index is 2360. The maximum absolute atomic E-state index is 12.0. The fourth-order valence-electron chi connectivity index (χ4n) is 6.29. The lowest BCUT2D eigenvalue weighted by molar-refractivity contribution is 0.0342. The highest BCUT2D eigenvalue weighted by molar-refractivity contribution is 9.11. The van der Waals surface area contributed by atoms with Gasteiger partial charge in [0.2, 0.25) is 6.04 Å². The maximum Gasteiger partial charge on any atom is 0.488 e. The van der Waals surface area contributed by atoms with Crippen molar-refractivity contribution in [3.8, 4) is 6.07 Å². The van der Waals surface area contributed by atoms with Crippen molar-refractivity contribution in [1.82, 2.24) is 19.6 Å². The maximum atomic E-state index is 12.0. The molecule has 2 saturated heterocycles. The van der Waals surface area contributed by atoms with Crippen LogP contribution in [0.1, 0.15) is 77.5 Å². The summed E-state index contributed by atoms with van der Waals surface area (Å²) >= 11 is 6.62. The molecule has 322 valence electrons. The fourth-order valence-corrected chi connectivity index (χ4v) is 7.07. The van der Waals surface area contributed by atoms with E-state index >= 15 is 0 Å². The number of primary amides is 2. The van der Waals surface area contributed by atoms with E-state index in [0.717, 1.165) is 11.1 Å². The van der Waals surface area contributed by atoms with Crippen LogP contribution in [0.4, 0.5) is 17.3 Å². The number of hydrogen-bond donors (Lipinski definition) is 6. The predicted molar refractivity (Wildman–Crippen MR) is 228 cm³/mol. The van der Waals surface area contributed by atoms with E-state index in [2.05, 4.69) is 63.0 Å². The largest absolute Gasteiger partial charge is 0.488 e. The van der Waals surface area contributed by atoms with Gasteiger partial charge in [0.15, 0.2) is 11.6 Å². The van der Waals surface area contributed by atoms with Crippen molar-refractivity contribution in [3.63, 3.8) is 0 Å². The molecule has 2 aromatic carbocycles. The molecule has 0 aliphatic carbocycles. The second kappa shape index (κ2) is 21.6. The quantitative estimate of drug-likeness (QED) is 0.0799. The molecule has 2 amide bonds. The van der Waals surface area contributed by atoms with Gasteiger partial charge in [-0.05, 0) is 86.9 Å². The molecule has 2 aliphatic rings. The van der Waals surface area contributed by atoms with Crippen molar-refractivity contribution in [3.05, 3.63) is 90.4 Å². The lowest BCUT2D eigenvalue weighted by atomic mass is 9.79. The first kappa shape index (κ1) is 47.9. The molecule has 4 atom stereocenters. The molecule has 2 aliphatic heterocycles. The summed E-state index contributed by atoms with van der Waals surface area (Å²) in [4.78, 5) is 49.9. The van der Waals surface area contributed by atoms with Crippen molar-refractivity contribution in [1.29, 1.82) is 5.26 Å². The summed E-state index contributed by atoms with van der Waals surface area (Å²) in [5, 5.41) is 38.9. The lowest BCUT2D eigenvalue weighted by Gasteiger charge is -2.26. The average Bonchev–Trinajstić information content (AvgIpc) is 3.86. The van der Waals surface area contributed by atoms with Crippen LogP contribution in [0, 0.1) is 37.7 Å². The van der Waals surface area contributed by atoms with Crippen molar-refractivity contribution in [2.45, 2.75) is 44.8 Å². The third-order valence-corrected chi connectivity index (χ3v) is 11.7. The molecule has 0 radical (unpaired) electrons. The first-order valence-electron chi connectivity index (χ1n) is 18.3. The Kier molecular flexibility index (Phi) is 17.0. The number of nitrogens with two attached hydrogens (primary N) is 3. The zero-order valence-electron chi connectivity index (χ0n) is 33.4. The Morgan fingerprint density at radius 2 is 1.43 bits per heavy atom. The van der Waals surface area contributed by atoms with Gasteiger partial charge < -0.3 is 56.4 Å². The second-order valence-corrected chi connectivity index (χ2v) is 15.2. The van der Waals surface area contributed by atoms with Gasteiger partial charge in [0.25, 0.3) is 11.8 Å². The molecule has 4 aromatic rings. The van der Waals surface area contributed by atoms with Crippen LogP contribution in [0.25, 0.3) is 4.85 Å². The van der Waals surface area contributed by atoms with Crippen molar-refractivity contribution in [2.75, 3.05) is 51.7 Å². The summed E-state index contributed by atoms with van der Waals surface area (Å²) in [6.45, 7) is 12.5. The van der Waals surface area contributed by atoms with Gasteiger partial charge in [-0.25, -0.2) is 16.2 Å². The van der Waals surface area contributed by atoms with Gasteiger partial charge in [-0.2, -0.15) is 15.5 Å². The van der Waals surface area contributed by atoms with Crippen LogP contribution in [-0.4, -0.2) is 107 Å². The van der Waals surface area contributed by atoms with Crippen LogP contribution in [0.15, 0.2) is 45.6 Å². The zero-order chi connectivity index (χ0) is 45.1. The van der Waals surface area contributed by atoms with Gasteiger partial charge >= 0.3 is 19.1 Å². The minimum atomic E-state index is -1.60. The van der Waals surface area contributed by atoms with Crippen LogP contribution in [0.2, 0.25) is 0 Å². The molecular weight excluding hydrogens is 927 g/mol. The van der Waals surface area contributed by atoms with Crippen molar-refractivity contribution < 1.29 is 48.2 Å². The van der Waals surface area contributed by atoms with E-state index in [9.17, 15) is 24.4 Å². The van der Waals surface area contributed by atoms with Crippen molar-refractivity contribution in [2.24, 2.45) is 17.4 Å². The number of esters is 2. The van der Waals surface area contributed by atoms with Gasteiger partial charge in [0, 0.05) is 40.1 Å². The Labute approximate surface area is 367 Å². The molecule has 20 nitrogen and oxygen atoms in total. The Balaban J connectivity index is 0.000000218. The number of amides is 2. The Hall–Kier alpha value is -5.82. The first-order valence-corrected chi connectivity index (χ1v) is 19.9. The number of nitrogens with zero attached hydrogens (tertiary/aromatic N) is 6. The first-order chi connectivity index (χ1) is 28.9. The van der Waals surface area contributed by atoms with E-state index in [1.165, 1.54) is 37.4 Å². The summed E-state index contributed by atoms with van der Waals surface area (Å²) < 4.78 is 24.4. The third kappa shape index (κ3) is 11.7. The fraction of sp³-hybridized carbons (Fsp3) is 0.368. The number of ether oxygens (including phenoxy) is 4. The number of nitrogens with one attached hydrogen (secondary N) is 1. The zero-order valence-corrected chi connectivity index (χ0v) is 36.6. The van der Waals surface area contributed by atoms with Crippen LogP contribution >= 0.6 is 31.9 Å². The standard InChI is InChI=1S/C19H20BrN5O4.C10H13N5O2.C9H10BBrO4/c1-10-5-12(6-13(16(10)20)19(27)28-2)23-18-14(17(22)26)8-25(24-18)15-9-29-4-3-11(15)7-21;1-13-7-2-3-17-5-8(7)15-4-6(10(12)16)9(11)14-15;1-5-3-6(10(13)14)4-7(8(5)11)9(12)15-2/h5-6,8,11,15H,3-4,9H2,1-2H3,(H2,22,26)(H,23,24);4,7-8H,2-3,5H2,(H2,11,14)(H2,12,16);3-4,13-14H,1-2H3/t11-,15?;7-,8?;/m10./s1. The Morgan fingerprint density at radius 3 is 1.97 bits per heavy atom. The Morgan fingerprint density at radius 1 is 0.885 bits per heavy atom. The van der Waals surface area contributed by atoms with E-state index in [1.54, 1.807) is 29.8 Å². The van der Waals surface area contributed by atoms with Crippen LogP contribution in [0.3, 0.4) is 0 Å². The number of carbonyl (C=O) groups is 4. The molecule has 61 heavy (non-hydrogen) atoms. The van der Waals surface area contributed by atoms with Gasteiger partial charge in [-0.15, -0.1) is 0 Å². The second-order valence-electron chi connectivity index (χ2n) is 13.6. The average molecular weight is 970 g/mol. The SMILES string of the molecule is COC(=O)c1cc(B(O)O)cc(C)c1Br.COC(=O)c1cc(Nc2nn(C3COCC[C@@H]3C#N)cc2C(N)=O)cc(C)c1Br.[C-]#[N+][C@H]1CCOCC1n1cc(C(N)=O)c(N)n1. The van der Waals surface area contributed by atoms with E-state index in [-0.39, 0.29) is 57.8 Å². The van der Waals surface area contributed by atoms with Crippen LogP contribution in [0.5, 0.6) is 0 Å². The molecule has 2 unspecified atom stereocenters. The number of benzene rings is 2. The highest BCUT2D eigenvalue weighted by atomic mass is 79.9. The van der Waals surface area contributed by atoms with Gasteiger partial charge in [0.1, 0.15) is 17.2 Å². The van der Waals surface area contributed by atoms with Gasteiger partial charge in [0.05, 0.1) is 63.2 Å². The van der Waals surface area contributed by atoms with Crippen LogP contribution < -0.4 is 28.0 Å². The van der Waals surface area contributed by atoms with Gasteiger partial charge in [-0.3, -0.25) is 19.0 Å². The van der Waals surface area contributed by atoms with E-state index in [0.29, 0.717) is 59.5 Å². The summed E-state index contributed by atoms with van der Waals surface area (Å²) in [6.07, 6.45) is 4.24. The smallest absolute Gasteiger partial charge is 0.465 e. The molecule has 0 spiro atoms. The molecule has 23 heteroatoms. The highest BCUT2D eigenvalue weighted by Crippen LogP contribution is 2.32. The number of carbonyl (C=O) groups excluding carboxylic acids is 4. The minimum absolute atomic E-state index is 0.0896. The molecule has 0 bridgehead atoms. The number of nitrogen functional groups attached to an aromatic ring is 1. The van der Waals surface area contributed by atoms with Crippen molar-refractivity contribution >= 4 is 85.5 Å². The summed E-state index contributed by atoms with van der Waals surface area (Å²) in [5.41, 5.74) is 19.6. The molecular formula is C38H43BBr2N10O10. The minimum Gasteiger partial charge on any atom is -0.465 e. The summed E-state index contributed by atoms with van der Waals surface area (Å²) in [6, 6.07) is 7.88. The number of methoxy groups -OCH3 is 2. The number of rotatable bonds is 9. The molecule has 0 saturated carbocycles. The number of aryl methyl sites for hydroxylation is 2. The van der Waals surface area contributed by atoms with E-state index in [4.69, 9.17) is 48.0 Å². The number of anilines is 3. The molecule has 6 rings (SSSR count). The summed E-state index contributed by atoms with van der Waals surface area (Å²) in [7, 11) is 0.973. The normalized spacial score (nSPS) is 18.1. The predicted octanol–water partition coefficient (Wildman–Crippen LogP) is 2.72. The molecule has 9 N–H and O–H groups in total.